The first-order valence-electron chi connectivity index (χ1n) is 8.16. The number of benzene rings is 1. The second-order valence-electron chi connectivity index (χ2n) is 6.13. The maximum Gasteiger partial charge on any atom is 0.191 e. The van der Waals surface area contributed by atoms with Gasteiger partial charge in [0.1, 0.15) is 17.2 Å². The predicted molar refractivity (Wildman–Crippen MR) is 106 cm³/mol. The third-order valence-corrected chi connectivity index (χ3v) is 4.64. The van der Waals surface area contributed by atoms with Gasteiger partial charge in [0, 0.05) is 24.0 Å². The minimum Gasteiger partial charge on any atom is -0.459 e. The summed E-state index contributed by atoms with van der Waals surface area (Å²) in [7, 11) is 1.70. The lowest BCUT2D eigenvalue weighted by Crippen LogP contribution is -2.44. The Kier molecular flexibility index (Phi) is 6.64. The summed E-state index contributed by atoms with van der Waals surface area (Å²) in [6.45, 7) is 2.37. The van der Waals surface area contributed by atoms with Gasteiger partial charge in [0.2, 0.25) is 0 Å². The van der Waals surface area contributed by atoms with Gasteiger partial charge in [-0.05, 0) is 44.4 Å². The van der Waals surface area contributed by atoms with Crippen molar-refractivity contribution in [1.29, 1.82) is 5.26 Å². The van der Waals surface area contributed by atoms with Gasteiger partial charge < -0.3 is 15.1 Å². The molecular formula is C18H22FIN4O. The molecule has 1 aliphatic rings. The Bertz CT molecular complexity index is 811. The molecule has 7 heteroatoms. The van der Waals surface area contributed by atoms with Gasteiger partial charge in [-0.1, -0.05) is 0 Å². The average Bonchev–Trinajstić information content (AvgIpc) is 3.16. The van der Waals surface area contributed by atoms with Crippen molar-refractivity contribution < 1.29 is 8.81 Å². The highest BCUT2D eigenvalue weighted by Crippen LogP contribution is 2.26. The molecule has 1 heterocycles. The Morgan fingerprint density at radius 3 is 2.96 bits per heavy atom. The van der Waals surface area contributed by atoms with E-state index in [0.29, 0.717) is 18.1 Å². The molecule has 134 valence electrons. The molecule has 2 aromatic rings. The number of fused-ring (bicyclic) bond motifs is 1. The second kappa shape index (κ2) is 8.52. The van der Waals surface area contributed by atoms with Crippen molar-refractivity contribution in [2.45, 2.75) is 38.8 Å². The van der Waals surface area contributed by atoms with Crippen molar-refractivity contribution in [2.75, 3.05) is 7.05 Å². The fraction of sp³-hybridized carbons (Fsp3) is 0.444. The molecule has 3 rings (SSSR count). The highest BCUT2D eigenvalue weighted by atomic mass is 127. The lowest BCUT2D eigenvalue weighted by molar-refractivity contribution is 0.514. The van der Waals surface area contributed by atoms with Crippen molar-refractivity contribution in [1.82, 2.24) is 10.6 Å². The van der Waals surface area contributed by atoms with E-state index >= 15 is 0 Å². The van der Waals surface area contributed by atoms with Gasteiger partial charge in [-0.15, -0.1) is 24.0 Å². The Morgan fingerprint density at radius 1 is 1.44 bits per heavy atom. The maximum absolute atomic E-state index is 13.4. The molecule has 25 heavy (non-hydrogen) atoms. The van der Waals surface area contributed by atoms with Crippen molar-refractivity contribution in [3.63, 3.8) is 0 Å². The van der Waals surface area contributed by atoms with Crippen molar-refractivity contribution >= 4 is 40.9 Å². The number of halogens is 2. The topological polar surface area (TPSA) is 73.3 Å². The second-order valence-corrected chi connectivity index (χ2v) is 6.13. The smallest absolute Gasteiger partial charge is 0.191 e. The van der Waals surface area contributed by atoms with Crippen LogP contribution >= 0.6 is 24.0 Å². The molecule has 0 amide bonds. The molecule has 2 atom stereocenters. The van der Waals surface area contributed by atoms with Crippen LogP contribution in [0.1, 0.15) is 30.6 Å². The molecule has 1 aromatic heterocycles. The summed E-state index contributed by atoms with van der Waals surface area (Å²) >= 11 is 0. The van der Waals surface area contributed by atoms with E-state index in [1.807, 2.05) is 6.92 Å². The SMILES string of the molecule is CN=C(NCc1oc2ccc(F)cc2c1C)NC1CCCC1C#N.I. The first-order chi connectivity index (χ1) is 11.6. The lowest BCUT2D eigenvalue weighted by atomic mass is 10.1. The zero-order chi connectivity index (χ0) is 17.1. The molecule has 0 aliphatic heterocycles. The number of guanidine groups is 1. The number of hydrogen-bond donors (Lipinski definition) is 2. The minimum atomic E-state index is -0.271. The third kappa shape index (κ3) is 4.24. The molecular weight excluding hydrogens is 434 g/mol. The van der Waals surface area contributed by atoms with Crippen molar-refractivity contribution in [2.24, 2.45) is 10.9 Å². The molecule has 0 spiro atoms. The van der Waals surface area contributed by atoms with Gasteiger partial charge in [0.25, 0.3) is 0 Å². The number of furan rings is 1. The molecule has 2 unspecified atom stereocenters. The summed E-state index contributed by atoms with van der Waals surface area (Å²) in [6.07, 6.45) is 2.96. The Morgan fingerprint density at radius 2 is 2.24 bits per heavy atom. The Balaban J connectivity index is 0.00000225. The van der Waals surface area contributed by atoms with Crippen LogP contribution in [0.4, 0.5) is 4.39 Å². The Labute approximate surface area is 163 Å². The maximum atomic E-state index is 13.4. The first-order valence-corrected chi connectivity index (χ1v) is 8.16. The largest absolute Gasteiger partial charge is 0.459 e. The van der Waals surface area contributed by atoms with E-state index in [4.69, 9.17) is 4.42 Å². The third-order valence-electron chi connectivity index (χ3n) is 4.64. The molecule has 5 nitrogen and oxygen atoms in total. The van der Waals surface area contributed by atoms with Gasteiger partial charge in [-0.3, -0.25) is 4.99 Å². The molecule has 0 bridgehead atoms. The standard InChI is InChI=1S/C18H21FN4O.HI/c1-11-14-8-13(19)6-7-16(14)24-17(11)10-22-18(21-2)23-15-5-3-4-12(15)9-20;/h6-8,12,15H,3-5,10H2,1-2H3,(H2,21,22,23);1H. The van der Waals surface area contributed by atoms with E-state index < -0.39 is 0 Å². The summed E-state index contributed by atoms with van der Waals surface area (Å²) in [5.74, 6) is 1.15. The summed E-state index contributed by atoms with van der Waals surface area (Å²) in [6, 6.07) is 7.01. The average molecular weight is 456 g/mol. The van der Waals surface area contributed by atoms with Gasteiger partial charge in [-0.2, -0.15) is 5.26 Å². The number of rotatable bonds is 3. The van der Waals surface area contributed by atoms with Crippen molar-refractivity contribution in [3.8, 4) is 6.07 Å². The fourth-order valence-corrected chi connectivity index (χ4v) is 3.23. The molecule has 0 saturated heterocycles. The molecule has 2 N–H and O–H groups in total. The zero-order valence-electron chi connectivity index (χ0n) is 14.3. The number of aliphatic imine (C=N–C) groups is 1. The monoisotopic (exact) mass is 456 g/mol. The predicted octanol–water partition coefficient (Wildman–Crippen LogP) is 3.86. The van der Waals surface area contributed by atoms with Crippen LogP contribution in [0.15, 0.2) is 27.6 Å². The molecule has 1 aromatic carbocycles. The zero-order valence-corrected chi connectivity index (χ0v) is 16.6. The van der Waals surface area contributed by atoms with Crippen LogP contribution in [0.2, 0.25) is 0 Å². The summed E-state index contributed by atoms with van der Waals surface area (Å²) in [5.41, 5.74) is 1.59. The van der Waals surface area contributed by atoms with E-state index in [9.17, 15) is 9.65 Å². The van der Waals surface area contributed by atoms with Crippen LogP contribution in [-0.2, 0) is 6.54 Å². The van der Waals surface area contributed by atoms with Crippen LogP contribution in [0, 0.1) is 30.0 Å². The van der Waals surface area contributed by atoms with Crippen LogP contribution in [-0.4, -0.2) is 19.0 Å². The normalized spacial score (nSPS) is 20.2. The van der Waals surface area contributed by atoms with Crippen LogP contribution in [0.25, 0.3) is 11.0 Å². The number of nitriles is 1. The Hall–Kier alpha value is -1.82. The van der Waals surface area contributed by atoms with Gasteiger partial charge >= 0.3 is 0 Å². The first kappa shape index (κ1) is 19.5. The van der Waals surface area contributed by atoms with E-state index in [1.54, 1.807) is 13.1 Å². The van der Waals surface area contributed by atoms with Crippen LogP contribution < -0.4 is 10.6 Å². The van der Waals surface area contributed by atoms with E-state index in [2.05, 4.69) is 21.7 Å². The molecule has 1 fully saturated rings. The molecule has 1 saturated carbocycles. The molecule has 1 aliphatic carbocycles. The van der Waals surface area contributed by atoms with Crippen LogP contribution in [0.3, 0.4) is 0 Å². The highest BCUT2D eigenvalue weighted by Gasteiger charge is 2.27. The summed E-state index contributed by atoms with van der Waals surface area (Å²) < 4.78 is 19.2. The number of nitrogens with zero attached hydrogens (tertiary/aromatic N) is 2. The van der Waals surface area contributed by atoms with E-state index in [0.717, 1.165) is 36.0 Å². The highest BCUT2D eigenvalue weighted by molar-refractivity contribution is 14.0. The van der Waals surface area contributed by atoms with E-state index in [-0.39, 0.29) is 41.8 Å². The molecule has 0 radical (unpaired) electrons. The van der Waals surface area contributed by atoms with Crippen LogP contribution in [0.5, 0.6) is 0 Å². The van der Waals surface area contributed by atoms with E-state index in [1.165, 1.54) is 12.1 Å². The number of hydrogen-bond acceptors (Lipinski definition) is 3. The lowest BCUT2D eigenvalue weighted by Gasteiger charge is -2.19. The number of aryl methyl sites for hydroxylation is 1. The quantitative estimate of drug-likeness (QED) is 0.418. The number of nitrogens with one attached hydrogen (secondary N) is 2. The van der Waals surface area contributed by atoms with Gasteiger partial charge in [0.05, 0.1) is 18.5 Å². The van der Waals surface area contributed by atoms with Gasteiger partial charge in [-0.25, -0.2) is 4.39 Å². The van der Waals surface area contributed by atoms with Gasteiger partial charge in [0.15, 0.2) is 5.96 Å². The minimum absolute atomic E-state index is 0. The summed E-state index contributed by atoms with van der Waals surface area (Å²) in [5, 5.41) is 16.5. The fourth-order valence-electron chi connectivity index (χ4n) is 3.23. The van der Waals surface area contributed by atoms with Crippen molar-refractivity contribution in [3.05, 3.63) is 35.3 Å². The summed E-state index contributed by atoms with van der Waals surface area (Å²) in [4.78, 5) is 4.22.